The Bertz CT molecular complexity index is 573. The lowest BCUT2D eigenvalue weighted by Gasteiger charge is -2.42. The average Bonchev–Trinajstić information content (AvgIpc) is 2.74. The van der Waals surface area contributed by atoms with E-state index >= 15 is 0 Å². The number of benzene rings is 2. The summed E-state index contributed by atoms with van der Waals surface area (Å²) in [5, 5.41) is 0. The second-order valence-corrected chi connectivity index (χ2v) is 8.67. The van der Waals surface area contributed by atoms with Crippen molar-refractivity contribution in [3.63, 3.8) is 0 Å². The predicted octanol–water partition coefficient (Wildman–Crippen LogP) is 7.71. The summed E-state index contributed by atoms with van der Waals surface area (Å²) in [6.07, 6.45) is 14.3. The Kier molecular flexibility index (Phi) is 6.10. The maximum absolute atomic E-state index is 2.41. The van der Waals surface area contributed by atoms with Crippen LogP contribution in [0.1, 0.15) is 87.2 Å². The van der Waals surface area contributed by atoms with Crippen LogP contribution in [0, 0.1) is 11.8 Å². The first kappa shape index (κ1) is 17.8. The second-order valence-electron chi connectivity index (χ2n) is 8.67. The van der Waals surface area contributed by atoms with E-state index in [0.29, 0.717) is 11.8 Å². The molecule has 0 nitrogen and oxygen atoms in total. The molecule has 0 N–H and O–H groups in total. The smallest absolute Gasteiger partial charge is 0.00621 e. The van der Waals surface area contributed by atoms with Crippen molar-refractivity contribution in [2.75, 3.05) is 0 Å². The zero-order chi connectivity index (χ0) is 17.6. The highest BCUT2D eigenvalue weighted by molar-refractivity contribution is 5.30. The van der Waals surface area contributed by atoms with Crippen molar-refractivity contribution in [3.05, 3.63) is 71.8 Å². The summed E-state index contributed by atoms with van der Waals surface area (Å²) >= 11 is 0. The first-order valence-corrected chi connectivity index (χ1v) is 11.0. The Balaban J connectivity index is 1.74. The van der Waals surface area contributed by atoms with Crippen LogP contribution < -0.4 is 0 Å². The molecular weight excluding hydrogens is 312 g/mol. The van der Waals surface area contributed by atoms with Gasteiger partial charge in [0.05, 0.1) is 0 Å². The van der Waals surface area contributed by atoms with Gasteiger partial charge in [-0.1, -0.05) is 99.2 Å². The molecule has 0 saturated heterocycles. The minimum Gasteiger partial charge on any atom is -0.0622 e. The standard InChI is InChI=1S/C26H34/c1-5-13-21(14-6-1)25(22-15-7-2-8-16-22)26(23-17-9-3-10-18-23)24-19-11-4-12-20-24/h1,3,5-6,9-10,13-14,17-18,22,24-26H,2,4,7-8,11-12,15-16,19-20H2. The van der Waals surface area contributed by atoms with Gasteiger partial charge in [0.25, 0.3) is 0 Å². The molecule has 0 heterocycles. The zero-order valence-electron chi connectivity index (χ0n) is 16.2. The molecule has 0 amide bonds. The number of hydrogen-bond acceptors (Lipinski definition) is 0. The number of hydrogen-bond donors (Lipinski definition) is 0. The third-order valence-corrected chi connectivity index (χ3v) is 7.07. The zero-order valence-corrected chi connectivity index (χ0v) is 16.2. The highest BCUT2D eigenvalue weighted by Crippen LogP contribution is 2.50. The van der Waals surface area contributed by atoms with Crippen molar-refractivity contribution in [1.29, 1.82) is 0 Å². The molecular formula is C26H34. The molecule has 0 spiro atoms. The first-order valence-electron chi connectivity index (χ1n) is 11.0. The summed E-state index contributed by atoms with van der Waals surface area (Å²) in [6, 6.07) is 23.1. The van der Waals surface area contributed by atoms with Crippen molar-refractivity contribution in [3.8, 4) is 0 Å². The SMILES string of the molecule is c1ccc(C(C2CCCCC2)C(c2ccccc2)C2CCCCC2)cc1. The molecule has 0 bridgehead atoms. The van der Waals surface area contributed by atoms with Crippen molar-refractivity contribution in [2.24, 2.45) is 11.8 Å². The fourth-order valence-corrected chi connectivity index (χ4v) is 5.88. The molecule has 2 aliphatic rings. The normalized spacial score (nSPS) is 22.0. The quantitative estimate of drug-likeness (QED) is 0.520. The van der Waals surface area contributed by atoms with Crippen LogP contribution in [0.5, 0.6) is 0 Å². The molecule has 0 aromatic heterocycles. The van der Waals surface area contributed by atoms with E-state index in [1.54, 1.807) is 11.1 Å². The van der Waals surface area contributed by atoms with Crippen LogP contribution in [0.3, 0.4) is 0 Å². The Hall–Kier alpha value is -1.56. The van der Waals surface area contributed by atoms with Gasteiger partial charge in [-0.2, -0.15) is 0 Å². The monoisotopic (exact) mass is 346 g/mol. The van der Waals surface area contributed by atoms with E-state index in [1.165, 1.54) is 64.2 Å². The van der Waals surface area contributed by atoms with Gasteiger partial charge in [0, 0.05) is 0 Å². The molecule has 138 valence electrons. The Morgan fingerprint density at radius 1 is 0.462 bits per heavy atom. The molecule has 2 atom stereocenters. The Labute approximate surface area is 160 Å². The largest absolute Gasteiger partial charge is 0.0622 e. The molecule has 0 radical (unpaired) electrons. The Morgan fingerprint density at radius 2 is 0.808 bits per heavy atom. The lowest BCUT2D eigenvalue weighted by atomic mass is 9.63. The third kappa shape index (κ3) is 4.05. The van der Waals surface area contributed by atoms with Gasteiger partial charge in [-0.05, 0) is 60.5 Å². The topological polar surface area (TPSA) is 0 Å². The lowest BCUT2D eigenvalue weighted by Crippen LogP contribution is -2.29. The van der Waals surface area contributed by atoms with Gasteiger partial charge in [0.2, 0.25) is 0 Å². The molecule has 4 rings (SSSR count). The van der Waals surface area contributed by atoms with E-state index in [2.05, 4.69) is 60.7 Å². The van der Waals surface area contributed by atoms with Gasteiger partial charge in [0.15, 0.2) is 0 Å². The molecule has 2 saturated carbocycles. The van der Waals surface area contributed by atoms with E-state index in [4.69, 9.17) is 0 Å². The molecule has 0 heteroatoms. The second kappa shape index (κ2) is 8.89. The van der Waals surface area contributed by atoms with Crippen LogP contribution in [0.4, 0.5) is 0 Å². The summed E-state index contributed by atoms with van der Waals surface area (Å²) < 4.78 is 0. The van der Waals surface area contributed by atoms with Crippen molar-refractivity contribution in [1.82, 2.24) is 0 Å². The summed E-state index contributed by atoms with van der Waals surface area (Å²) in [7, 11) is 0. The summed E-state index contributed by atoms with van der Waals surface area (Å²) in [4.78, 5) is 0. The van der Waals surface area contributed by atoms with E-state index in [1.807, 2.05) is 0 Å². The van der Waals surface area contributed by atoms with Gasteiger partial charge in [-0.3, -0.25) is 0 Å². The summed E-state index contributed by atoms with van der Waals surface area (Å²) in [5.74, 6) is 3.11. The maximum Gasteiger partial charge on any atom is -0.00621 e. The van der Waals surface area contributed by atoms with Crippen molar-refractivity contribution >= 4 is 0 Å². The van der Waals surface area contributed by atoms with Crippen LogP contribution >= 0.6 is 0 Å². The van der Waals surface area contributed by atoms with E-state index in [9.17, 15) is 0 Å². The van der Waals surface area contributed by atoms with Crippen LogP contribution in [0.25, 0.3) is 0 Å². The fourth-order valence-electron chi connectivity index (χ4n) is 5.88. The van der Waals surface area contributed by atoms with Crippen LogP contribution in [0.15, 0.2) is 60.7 Å². The van der Waals surface area contributed by atoms with Crippen molar-refractivity contribution < 1.29 is 0 Å². The first-order chi connectivity index (χ1) is 12.9. The molecule has 2 fully saturated rings. The highest BCUT2D eigenvalue weighted by atomic mass is 14.4. The van der Waals surface area contributed by atoms with Gasteiger partial charge < -0.3 is 0 Å². The third-order valence-electron chi connectivity index (χ3n) is 7.07. The average molecular weight is 347 g/mol. The minimum atomic E-state index is 0.696. The molecule has 2 unspecified atom stereocenters. The molecule has 2 aliphatic carbocycles. The van der Waals surface area contributed by atoms with E-state index in [-0.39, 0.29) is 0 Å². The molecule has 2 aromatic carbocycles. The Morgan fingerprint density at radius 3 is 1.15 bits per heavy atom. The van der Waals surface area contributed by atoms with E-state index in [0.717, 1.165) is 11.8 Å². The lowest BCUT2D eigenvalue weighted by molar-refractivity contribution is 0.207. The predicted molar refractivity (Wildman–Crippen MR) is 112 cm³/mol. The molecule has 0 aliphatic heterocycles. The highest BCUT2D eigenvalue weighted by Gasteiger charge is 2.37. The molecule has 2 aromatic rings. The van der Waals surface area contributed by atoms with E-state index < -0.39 is 0 Å². The van der Waals surface area contributed by atoms with Crippen molar-refractivity contribution in [2.45, 2.75) is 76.0 Å². The van der Waals surface area contributed by atoms with Crippen LogP contribution in [-0.2, 0) is 0 Å². The van der Waals surface area contributed by atoms with Gasteiger partial charge in [-0.25, -0.2) is 0 Å². The van der Waals surface area contributed by atoms with Gasteiger partial charge in [0.1, 0.15) is 0 Å². The summed E-state index contributed by atoms with van der Waals surface area (Å²) in [6.45, 7) is 0. The summed E-state index contributed by atoms with van der Waals surface area (Å²) in [5.41, 5.74) is 3.19. The van der Waals surface area contributed by atoms with Gasteiger partial charge in [-0.15, -0.1) is 0 Å². The minimum absolute atomic E-state index is 0.696. The molecule has 26 heavy (non-hydrogen) atoms. The van der Waals surface area contributed by atoms with Gasteiger partial charge >= 0.3 is 0 Å². The number of rotatable bonds is 5. The van der Waals surface area contributed by atoms with Crippen LogP contribution in [-0.4, -0.2) is 0 Å². The fraction of sp³-hybridized carbons (Fsp3) is 0.538. The van der Waals surface area contributed by atoms with Crippen LogP contribution in [0.2, 0.25) is 0 Å². The maximum atomic E-state index is 2.41.